The molecule has 3 aromatic carbocycles. The second kappa shape index (κ2) is 18.7. The molecule has 0 unspecified atom stereocenters. The first-order chi connectivity index (χ1) is 22.2. The van der Waals surface area contributed by atoms with E-state index in [1.807, 2.05) is 18.2 Å². The first kappa shape index (κ1) is 35.5. The normalized spacial score (nSPS) is 12.6. The van der Waals surface area contributed by atoms with Crippen LogP contribution >= 0.6 is 0 Å². The number of rotatable bonds is 14. The van der Waals surface area contributed by atoms with Gasteiger partial charge in [-0.05, 0) is 84.8 Å². The number of hydrogen-bond acceptors (Lipinski definition) is 5. The van der Waals surface area contributed by atoms with E-state index in [-0.39, 0.29) is 5.57 Å². The van der Waals surface area contributed by atoms with Crippen molar-refractivity contribution in [1.82, 2.24) is 0 Å². The fourth-order valence-corrected chi connectivity index (χ4v) is 5.30. The van der Waals surface area contributed by atoms with E-state index in [2.05, 4.69) is 53.5 Å². The third-order valence-electron chi connectivity index (χ3n) is 7.60. The van der Waals surface area contributed by atoms with Crippen LogP contribution in [0.3, 0.4) is 0 Å². The first-order valence-corrected chi connectivity index (χ1v) is 16.0. The van der Waals surface area contributed by atoms with Crippen molar-refractivity contribution in [2.24, 2.45) is 0 Å². The maximum atomic E-state index is 12.8. The van der Waals surface area contributed by atoms with Gasteiger partial charge >= 0.3 is 5.97 Å². The molecule has 0 bridgehead atoms. The number of carbonyl (C=O) groups excluding carboxylic acids is 1. The second-order valence-electron chi connectivity index (χ2n) is 11.3. The molecule has 242 valence electrons. The summed E-state index contributed by atoms with van der Waals surface area (Å²) in [5, 5.41) is 27.3. The summed E-state index contributed by atoms with van der Waals surface area (Å²) >= 11 is 0. The highest BCUT2D eigenvalue weighted by Crippen LogP contribution is 2.34. The van der Waals surface area contributed by atoms with E-state index in [4.69, 9.17) is 15.3 Å². The van der Waals surface area contributed by atoms with Crippen LogP contribution in [-0.2, 0) is 27.2 Å². The van der Waals surface area contributed by atoms with E-state index < -0.39 is 23.6 Å². The van der Waals surface area contributed by atoms with Crippen LogP contribution in [0.4, 0.5) is 17.1 Å². The summed E-state index contributed by atoms with van der Waals surface area (Å²) in [6.45, 7) is 4.31. The molecule has 1 aliphatic rings. The predicted octanol–water partition coefficient (Wildman–Crippen LogP) is 8.45. The average molecular weight is 624 g/mol. The number of carboxylic acid groups (broad SMARTS) is 2. The molecule has 0 aliphatic carbocycles. The predicted molar refractivity (Wildman–Crippen MR) is 186 cm³/mol. The van der Waals surface area contributed by atoms with E-state index >= 15 is 0 Å². The third-order valence-corrected chi connectivity index (χ3v) is 7.60. The summed E-state index contributed by atoms with van der Waals surface area (Å²) < 4.78 is 0. The Kier molecular flexibility index (Phi) is 14.5. The van der Waals surface area contributed by atoms with Crippen LogP contribution < -0.4 is 10.2 Å². The Morgan fingerprint density at radius 3 is 2.26 bits per heavy atom. The second-order valence-corrected chi connectivity index (χ2v) is 11.3. The highest BCUT2D eigenvalue weighted by atomic mass is 16.4. The zero-order chi connectivity index (χ0) is 33.3. The number of allylic oxidation sites excluding steroid dienone is 2. The average Bonchev–Trinajstić information content (AvgIpc) is 3.04. The van der Waals surface area contributed by atoms with Gasteiger partial charge in [-0.25, -0.2) is 4.79 Å². The van der Waals surface area contributed by atoms with E-state index in [9.17, 15) is 14.7 Å². The van der Waals surface area contributed by atoms with Crippen LogP contribution in [0.5, 0.6) is 0 Å². The van der Waals surface area contributed by atoms with Crippen LogP contribution in [0.25, 0.3) is 6.08 Å². The lowest BCUT2D eigenvalue weighted by Gasteiger charge is -2.31. The highest BCUT2D eigenvalue weighted by molar-refractivity contribution is 6.48. The molecular formula is C38H45N3O5. The van der Waals surface area contributed by atoms with E-state index in [1.165, 1.54) is 67.1 Å². The van der Waals surface area contributed by atoms with Crippen LogP contribution in [0.1, 0.15) is 75.5 Å². The Balaban J connectivity index is 0.00000136. The molecule has 4 rings (SSSR count). The molecule has 0 saturated carbocycles. The number of nitrogens with zero attached hydrogens (tertiary/aromatic N) is 1. The Hall–Kier alpha value is -4.98. The molecule has 0 saturated heterocycles. The summed E-state index contributed by atoms with van der Waals surface area (Å²) in [4.78, 5) is 35.6. The molecule has 0 spiro atoms. The van der Waals surface area contributed by atoms with Gasteiger partial charge in [-0.15, -0.1) is 0 Å². The standard InChI is InChI=1S/C36H41N3O3.C2H4O2/c1-2-3-4-5-6-8-13-27-19-22-31(23-20-27)39-25-12-15-29-26-28(21-24-33(29)39)14-11-18-32(34(37)36(41)42)35(40)38-30-16-9-7-10-17-30;1-2(3)4/h7,9-11,14,16-24,26,37H,2-6,8,12-13,15,25H2,1H3,(H,38,40)(H,41,42);1H3,(H,3,4)/b14-11+,32-18-,37-34?;. The van der Waals surface area contributed by atoms with Crippen LogP contribution in [0.2, 0.25) is 0 Å². The highest BCUT2D eigenvalue weighted by Gasteiger charge is 2.21. The van der Waals surface area contributed by atoms with Crippen molar-refractivity contribution >= 4 is 46.7 Å². The largest absolute Gasteiger partial charge is 0.481 e. The summed E-state index contributed by atoms with van der Waals surface area (Å²) in [5.41, 5.74) is 5.56. The quantitative estimate of drug-likeness (QED) is 0.0617. The van der Waals surface area contributed by atoms with Gasteiger partial charge in [-0.2, -0.15) is 0 Å². The lowest BCUT2D eigenvalue weighted by Crippen LogP contribution is -2.25. The van der Waals surface area contributed by atoms with Gasteiger partial charge in [0.1, 0.15) is 0 Å². The number of para-hydroxylation sites is 1. The Morgan fingerprint density at radius 1 is 0.913 bits per heavy atom. The topological polar surface area (TPSA) is 131 Å². The third kappa shape index (κ3) is 11.5. The number of benzene rings is 3. The van der Waals surface area contributed by atoms with Gasteiger partial charge in [-0.1, -0.05) is 87.6 Å². The maximum absolute atomic E-state index is 12.8. The molecular weight excluding hydrogens is 578 g/mol. The smallest absolute Gasteiger partial charge is 0.354 e. The van der Waals surface area contributed by atoms with Crippen LogP contribution in [-0.4, -0.2) is 40.3 Å². The number of carbonyl (C=O) groups is 3. The zero-order valence-electron chi connectivity index (χ0n) is 26.8. The Morgan fingerprint density at radius 2 is 1.59 bits per heavy atom. The molecule has 8 nitrogen and oxygen atoms in total. The molecule has 0 radical (unpaired) electrons. The van der Waals surface area contributed by atoms with Crippen molar-refractivity contribution < 1.29 is 24.6 Å². The minimum absolute atomic E-state index is 0.216. The van der Waals surface area contributed by atoms with E-state index in [0.717, 1.165) is 38.3 Å². The van der Waals surface area contributed by atoms with Crippen molar-refractivity contribution in [1.29, 1.82) is 5.41 Å². The van der Waals surface area contributed by atoms with Gasteiger partial charge in [0, 0.05) is 30.5 Å². The molecule has 3 aromatic rings. The number of fused-ring (bicyclic) bond motifs is 1. The first-order valence-electron chi connectivity index (χ1n) is 16.0. The number of unbranched alkanes of at least 4 members (excludes halogenated alkanes) is 5. The minimum Gasteiger partial charge on any atom is -0.481 e. The fraction of sp³-hybridized carbons (Fsp3) is 0.316. The fourth-order valence-electron chi connectivity index (χ4n) is 5.30. The summed E-state index contributed by atoms with van der Waals surface area (Å²) in [6.07, 6.45) is 15.9. The van der Waals surface area contributed by atoms with Crippen molar-refractivity contribution in [2.75, 3.05) is 16.8 Å². The Bertz CT molecular complexity index is 1520. The maximum Gasteiger partial charge on any atom is 0.354 e. The number of aryl methyl sites for hydroxylation is 2. The Labute approximate surface area is 272 Å². The zero-order valence-corrected chi connectivity index (χ0v) is 26.8. The summed E-state index contributed by atoms with van der Waals surface area (Å²) in [7, 11) is 0. The lowest BCUT2D eigenvalue weighted by atomic mass is 9.98. The lowest BCUT2D eigenvalue weighted by molar-refractivity contribution is -0.134. The van der Waals surface area contributed by atoms with Crippen molar-refractivity contribution in [2.45, 2.75) is 71.6 Å². The van der Waals surface area contributed by atoms with Gasteiger partial charge in [0.25, 0.3) is 11.9 Å². The van der Waals surface area contributed by atoms with Gasteiger partial charge in [0.2, 0.25) is 0 Å². The van der Waals surface area contributed by atoms with Crippen LogP contribution in [0, 0.1) is 5.41 Å². The molecule has 1 heterocycles. The monoisotopic (exact) mass is 623 g/mol. The van der Waals surface area contributed by atoms with E-state index in [1.54, 1.807) is 30.3 Å². The molecule has 1 aliphatic heterocycles. The summed E-state index contributed by atoms with van der Waals surface area (Å²) in [6, 6.07) is 24.1. The number of hydrogen-bond donors (Lipinski definition) is 4. The number of nitrogens with one attached hydrogen (secondary N) is 2. The van der Waals surface area contributed by atoms with Crippen molar-refractivity contribution in [3.8, 4) is 0 Å². The molecule has 0 aromatic heterocycles. The van der Waals surface area contributed by atoms with Crippen molar-refractivity contribution in [3.05, 3.63) is 107 Å². The molecule has 4 N–H and O–H groups in total. The molecule has 8 heteroatoms. The number of aliphatic carboxylic acids is 2. The van der Waals surface area contributed by atoms with Crippen LogP contribution in [0.15, 0.2) is 90.5 Å². The summed E-state index contributed by atoms with van der Waals surface area (Å²) in [5.74, 6) is -2.93. The molecule has 0 fully saturated rings. The van der Waals surface area contributed by atoms with Gasteiger partial charge in [-0.3, -0.25) is 15.0 Å². The van der Waals surface area contributed by atoms with E-state index in [0.29, 0.717) is 5.69 Å². The molecule has 1 amide bonds. The number of amides is 1. The van der Waals surface area contributed by atoms with Gasteiger partial charge in [0.05, 0.1) is 5.57 Å². The van der Waals surface area contributed by atoms with Crippen molar-refractivity contribution in [3.63, 3.8) is 0 Å². The van der Waals surface area contributed by atoms with Gasteiger partial charge in [0.15, 0.2) is 5.71 Å². The number of anilines is 3. The molecule has 0 atom stereocenters. The SMILES string of the molecule is CC(=O)O.CCCCCCCCc1ccc(N2CCCc3cc(/C=C/C=C(/C(=N)C(=O)O)C(=O)Nc4ccccc4)ccc32)cc1. The number of carboxylic acids is 2. The minimum atomic E-state index is -1.46. The van der Waals surface area contributed by atoms with Gasteiger partial charge < -0.3 is 20.4 Å². The molecule has 46 heavy (non-hydrogen) atoms.